The van der Waals surface area contributed by atoms with Gasteiger partial charge in [-0.2, -0.15) is 0 Å². The average Bonchev–Trinajstić information content (AvgIpc) is 3.01. The van der Waals surface area contributed by atoms with Crippen LogP contribution in [0, 0.1) is 5.41 Å². The molecule has 1 aromatic rings. The summed E-state index contributed by atoms with van der Waals surface area (Å²) in [6.45, 7) is 6.97. The van der Waals surface area contributed by atoms with E-state index < -0.39 is 0 Å². The minimum atomic E-state index is 0.537. The van der Waals surface area contributed by atoms with E-state index in [0.717, 1.165) is 27.8 Å². The Morgan fingerprint density at radius 3 is 2.67 bits per heavy atom. The largest absolute Gasteiger partial charge is 0.492 e. The van der Waals surface area contributed by atoms with E-state index in [1.807, 2.05) is 13.0 Å². The van der Waals surface area contributed by atoms with Crippen LogP contribution in [0.25, 0.3) is 0 Å². The molecule has 0 aromatic heterocycles. The summed E-state index contributed by atoms with van der Waals surface area (Å²) in [5.41, 5.74) is 1.73. The Hall–Kier alpha value is -0.0600. The smallest absolute Gasteiger partial charge is 0.138 e. The molecular weight excluding hydrogens is 358 g/mol. The van der Waals surface area contributed by atoms with E-state index in [-0.39, 0.29) is 0 Å². The third kappa shape index (κ3) is 3.72. The Balaban J connectivity index is 2.04. The van der Waals surface area contributed by atoms with Gasteiger partial charge in [0.25, 0.3) is 0 Å². The lowest BCUT2D eigenvalue weighted by Gasteiger charge is -2.15. The molecule has 0 atom stereocenters. The van der Waals surface area contributed by atoms with Crippen LogP contribution in [0.15, 0.2) is 21.1 Å². The van der Waals surface area contributed by atoms with E-state index >= 15 is 0 Å². The predicted molar refractivity (Wildman–Crippen MR) is 82.1 cm³/mol. The first-order chi connectivity index (χ1) is 8.54. The van der Waals surface area contributed by atoms with Crippen LogP contribution in [0.1, 0.15) is 32.3 Å². The Morgan fingerprint density at radius 2 is 2.06 bits per heavy atom. The highest BCUT2D eigenvalue weighted by Crippen LogP contribution is 2.44. The summed E-state index contributed by atoms with van der Waals surface area (Å²) in [7, 11) is 0. The van der Waals surface area contributed by atoms with Crippen LogP contribution in [0.4, 0.5) is 0 Å². The Morgan fingerprint density at radius 1 is 1.33 bits per heavy atom. The van der Waals surface area contributed by atoms with Crippen molar-refractivity contribution in [2.75, 3.05) is 13.2 Å². The average molecular weight is 377 g/mol. The van der Waals surface area contributed by atoms with Gasteiger partial charge in [-0.25, -0.2) is 0 Å². The second-order valence-corrected chi connectivity index (χ2v) is 6.99. The summed E-state index contributed by atoms with van der Waals surface area (Å²) in [4.78, 5) is 0. The van der Waals surface area contributed by atoms with Gasteiger partial charge >= 0.3 is 0 Å². The van der Waals surface area contributed by atoms with Gasteiger partial charge in [0.1, 0.15) is 5.75 Å². The highest BCUT2D eigenvalue weighted by Gasteiger charge is 2.36. The van der Waals surface area contributed by atoms with Gasteiger partial charge in [0.05, 0.1) is 11.1 Å². The molecule has 1 aromatic carbocycles. The summed E-state index contributed by atoms with van der Waals surface area (Å²) in [6, 6.07) is 4.15. The maximum absolute atomic E-state index is 5.71. The third-order valence-electron chi connectivity index (χ3n) is 3.34. The molecule has 0 unspecified atom stereocenters. The van der Waals surface area contributed by atoms with E-state index in [4.69, 9.17) is 4.74 Å². The molecule has 4 heteroatoms. The zero-order valence-electron chi connectivity index (χ0n) is 10.9. The molecule has 1 saturated carbocycles. The highest BCUT2D eigenvalue weighted by atomic mass is 79.9. The van der Waals surface area contributed by atoms with E-state index in [1.165, 1.54) is 18.4 Å². The molecule has 0 spiro atoms. The molecule has 0 aliphatic heterocycles. The molecular formula is C14H19Br2NO. The minimum absolute atomic E-state index is 0.537. The van der Waals surface area contributed by atoms with Crippen LogP contribution in [-0.2, 0) is 6.54 Å². The van der Waals surface area contributed by atoms with E-state index in [9.17, 15) is 0 Å². The van der Waals surface area contributed by atoms with Gasteiger partial charge in [-0.1, -0.05) is 22.9 Å². The van der Waals surface area contributed by atoms with Crippen molar-refractivity contribution in [2.45, 2.75) is 33.2 Å². The number of rotatable bonds is 6. The summed E-state index contributed by atoms with van der Waals surface area (Å²) in [5.74, 6) is 0.953. The van der Waals surface area contributed by atoms with Crippen LogP contribution in [0.5, 0.6) is 5.75 Å². The quantitative estimate of drug-likeness (QED) is 0.789. The van der Waals surface area contributed by atoms with Crippen LogP contribution in [0.3, 0.4) is 0 Å². The number of nitrogens with one attached hydrogen (secondary N) is 1. The van der Waals surface area contributed by atoms with Gasteiger partial charge in [0.15, 0.2) is 0 Å². The van der Waals surface area contributed by atoms with Crippen LogP contribution in [-0.4, -0.2) is 13.2 Å². The molecule has 0 saturated heterocycles. The van der Waals surface area contributed by atoms with Gasteiger partial charge in [0.2, 0.25) is 0 Å². The maximum atomic E-state index is 5.71. The normalized spacial score (nSPS) is 16.7. The standard InChI is InChI=1S/C14H19Br2NO/c1-3-18-13-10(6-11(15)7-12(13)16)8-17-9-14(2)4-5-14/h6-7,17H,3-5,8-9H2,1-2H3. The van der Waals surface area contributed by atoms with Crippen LogP contribution >= 0.6 is 31.9 Å². The zero-order valence-corrected chi connectivity index (χ0v) is 14.0. The van der Waals surface area contributed by atoms with Crippen molar-refractivity contribution < 1.29 is 4.74 Å². The van der Waals surface area contributed by atoms with Gasteiger partial charge in [-0.15, -0.1) is 0 Å². The monoisotopic (exact) mass is 375 g/mol. The predicted octanol–water partition coefficient (Wildman–Crippen LogP) is 4.50. The molecule has 0 radical (unpaired) electrons. The highest BCUT2D eigenvalue weighted by molar-refractivity contribution is 9.11. The number of halogens is 2. The fourth-order valence-corrected chi connectivity index (χ4v) is 3.37. The first kappa shape index (κ1) is 14.4. The van der Waals surface area contributed by atoms with E-state index in [0.29, 0.717) is 12.0 Å². The van der Waals surface area contributed by atoms with Crippen LogP contribution in [0.2, 0.25) is 0 Å². The third-order valence-corrected chi connectivity index (χ3v) is 4.39. The topological polar surface area (TPSA) is 21.3 Å². The Bertz CT molecular complexity index is 430. The van der Waals surface area contributed by atoms with Crippen molar-refractivity contribution in [3.8, 4) is 5.75 Å². The van der Waals surface area contributed by atoms with E-state index in [2.05, 4.69) is 50.2 Å². The summed E-state index contributed by atoms with van der Waals surface area (Å²) in [5, 5.41) is 3.54. The van der Waals surface area contributed by atoms with Crippen molar-refractivity contribution in [2.24, 2.45) is 5.41 Å². The van der Waals surface area contributed by atoms with Crippen molar-refractivity contribution in [3.63, 3.8) is 0 Å². The molecule has 1 fully saturated rings. The molecule has 100 valence electrons. The molecule has 2 rings (SSSR count). The number of ether oxygens (including phenoxy) is 1. The fourth-order valence-electron chi connectivity index (χ4n) is 1.94. The lowest BCUT2D eigenvalue weighted by Crippen LogP contribution is -2.22. The van der Waals surface area contributed by atoms with Gasteiger partial charge in [-0.3, -0.25) is 0 Å². The molecule has 1 aliphatic carbocycles. The van der Waals surface area contributed by atoms with Crippen molar-refractivity contribution in [1.29, 1.82) is 0 Å². The zero-order chi connectivity index (χ0) is 13.2. The summed E-state index contributed by atoms with van der Waals surface area (Å²) in [6.07, 6.45) is 2.70. The second-order valence-electron chi connectivity index (χ2n) is 5.22. The summed E-state index contributed by atoms with van der Waals surface area (Å²) >= 11 is 7.09. The molecule has 1 aliphatic rings. The lowest BCUT2D eigenvalue weighted by atomic mass is 10.1. The van der Waals surface area contributed by atoms with Crippen LogP contribution < -0.4 is 10.1 Å². The molecule has 0 amide bonds. The van der Waals surface area contributed by atoms with Gasteiger partial charge < -0.3 is 10.1 Å². The Kier molecular flexibility index (Phi) is 4.73. The molecule has 18 heavy (non-hydrogen) atoms. The Labute approximate surface area is 126 Å². The first-order valence-electron chi connectivity index (χ1n) is 6.35. The van der Waals surface area contributed by atoms with Crippen molar-refractivity contribution in [1.82, 2.24) is 5.32 Å². The lowest BCUT2D eigenvalue weighted by molar-refractivity contribution is 0.332. The van der Waals surface area contributed by atoms with E-state index in [1.54, 1.807) is 0 Å². The van der Waals surface area contributed by atoms with Crippen molar-refractivity contribution >= 4 is 31.9 Å². The molecule has 2 nitrogen and oxygen atoms in total. The maximum Gasteiger partial charge on any atom is 0.138 e. The number of hydrogen-bond donors (Lipinski definition) is 1. The number of benzene rings is 1. The second kappa shape index (κ2) is 5.93. The number of hydrogen-bond acceptors (Lipinski definition) is 2. The minimum Gasteiger partial charge on any atom is -0.492 e. The first-order valence-corrected chi connectivity index (χ1v) is 7.94. The van der Waals surface area contributed by atoms with Gasteiger partial charge in [-0.05, 0) is 53.2 Å². The summed E-state index contributed by atoms with van der Waals surface area (Å²) < 4.78 is 7.80. The molecule has 0 bridgehead atoms. The molecule has 0 heterocycles. The SMILES string of the molecule is CCOc1c(Br)cc(Br)cc1CNCC1(C)CC1. The van der Waals surface area contributed by atoms with Crippen molar-refractivity contribution in [3.05, 3.63) is 26.6 Å². The fraction of sp³-hybridized carbons (Fsp3) is 0.571. The molecule has 1 N–H and O–H groups in total. The van der Waals surface area contributed by atoms with Gasteiger partial charge in [0, 0.05) is 23.1 Å².